The average molecular weight is 409 g/mol. The molecule has 0 saturated heterocycles. The number of ether oxygens (including phenoxy) is 2. The topological polar surface area (TPSA) is 76.6 Å². The van der Waals surface area contributed by atoms with Crippen LogP contribution >= 0.6 is 0 Å². The largest absolute Gasteiger partial charge is 0.490 e. The van der Waals surface area contributed by atoms with Crippen molar-refractivity contribution in [3.63, 3.8) is 0 Å². The molecule has 1 aromatic carbocycles. The molecule has 30 heavy (non-hydrogen) atoms. The Morgan fingerprint density at radius 2 is 2.00 bits per heavy atom. The van der Waals surface area contributed by atoms with E-state index < -0.39 is 5.97 Å². The standard InChI is InChI=1S/C23H27N3O4/c1-15(2)30-20-12-21(27)26-11-10-25(9-8-19(26)22(20)23(28)29-3)14-16-13-24-18-7-5-4-6-17(16)18/h4-7,12-13,15,24H,8-11,14H2,1-3H3. The SMILES string of the molecule is COC(=O)c1c(OC(C)C)cc(=O)n2c1CCN(Cc1c[nH]c3ccccc13)CC2. The van der Waals surface area contributed by atoms with Gasteiger partial charge in [0.1, 0.15) is 11.3 Å². The lowest BCUT2D eigenvalue weighted by Gasteiger charge is -2.19. The molecule has 0 atom stereocenters. The lowest BCUT2D eigenvalue weighted by molar-refractivity contribution is 0.0591. The van der Waals surface area contributed by atoms with Crippen LogP contribution in [-0.4, -0.2) is 46.7 Å². The Morgan fingerprint density at radius 3 is 2.77 bits per heavy atom. The Bertz CT molecular complexity index is 1130. The highest BCUT2D eigenvalue weighted by Crippen LogP contribution is 2.26. The fourth-order valence-corrected chi connectivity index (χ4v) is 4.12. The molecule has 0 fully saturated rings. The lowest BCUT2D eigenvalue weighted by atomic mass is 10.1. The molecule has 158 valence electrons. The van der Waals surface area contributed by atoms with Gasteiger partial charge in [-0.15, -0.1) is 0 Å². The Balaban J connectivity index is 1.64. The molecular formula is C23H27N3O4. The Hall–Kier alpha value is -3.06. The van der Waals surface area contributed by atoms with Crippen LogP contribution in [0.1, 0.15) is 35.5 Å². The van der Waals surface area contributed by atoms with Gasteiger partial charge in [0.25, 0.3) is 5.56 Å². The molecule has 4 rings (SSSR count). The number of methoxy groups -OCH3 is 1. The van der Waals surface area contributed by atoms with Gasteiger partial charge in [-0.1, -0.05) is 18.2 Å². The average Bonchev–Trinajstić information content (AvgIpc) is 3.00. The van der Waals surface area contributed by atoms with Gasteiger partial charge in [0.15, 0.2) is 0 Å². The number of fused-ring (bicyclic) bond motifs is 2. The van der Waals surface area contributed by atoms with Gasteiger partial charge in [0, 0.05) is 61.5 Å². The summed E-state index contributed by atoms with van der Waals surface area (Å²) in [4.78, 5) is 31.0. The third-order valence-corrected chi connectivity index (χ3v) is 5.51. The number of benzene rings is 1. The molecule has 0 saturated carbocycles. The molecule has 0 aliphatic carbocycles. The number of nitrogens with zero attached hydrogens (tertiary/aromatic N) is 2. The van der Waals surface area contributed by atoms with Crippen molar-refractivity contribution < 1.29 is 14.3 Å². The van der Waals surface area contributed by atoms with Crippen molar-refractivity contribution in [1.29, 1.82) is 0 Å². The van der Waals surface area contributed by atoms with E-state index >= 15 is 0 Å². The molecule has 7 heteroatoms. The molecule has 0 unspecified atom stereocenters. The number of rotatable bonds is 5. The molecule has 1 aliphatic heterocycles. The quantitative estimate of drug-likeness (QED) is 0.656. The number of nitrogens with one attached hydrogen (secondary N) is 1. The minimum atomic E-state index is -0.473. The number of carbonyl (C=O) groups is 1. The highest BCUT2D eigenvalue weighted by Gasteiger charge is 2.26. The molecule has 3 aromatic rings. The number of carbonyl (C=O) groups excluding carboxylic acids is 1. The fourth-order valence-electron chi connectivity index (χ4n) is 4.12. The van der Waals surface area contributed by atoms with Crippen LogP contribution in [0.5, 0.6) is 5.75 Å². The molecule has 0 bridgehead atoms. The first-order chi connectivity index (χ1) is 14.5. The molecule has 3 heterocycles. The maximum Gasteiger partial charge on any atom is 0.343 e. The van der Waals surface area contributed by atoms with Crippen LogP contribution in [-0.2, 0) is 24.2 Å². The Labute approximate surface area is 175 Å². The summed E-state index contributed by atoms with van der Waals surface area (Å²) in [7, 11) is 1.35. The van der Waals surface area contributed by atoms with Crippen LogP contribution in [0.4, 0.5) is 0 Å². The summed E-state index contributed by atoms with van der Waals surface area (Å²) in [6.45, 7) is 6.48. The van der Waals surface area contributed by atoms with Crippen molar-refractivity contribution >= 4 is 16.9 Å². The van der Waals surface area contributed by atoms with Gasteiger partial charge in [-0.2, -0.15) is 0 Å². The van der Waals surface area contributed by atoms with Crippen molar-refractivity contribution in [2.24, 2.45) is 0 Å². The van der Waals surface area contributed by atoms with E-state index in [1.165, 1.54) is 24.1 Å². The fraction of sp³-hybridized carbons (Fsp3) is 0.391. The van der Waals surface area contributed by atoms with E-state index in [1.54, 1.807) is 4.57 Å². The third-order valence-electron chi connectivity index (χ3n) is 5.51. The van der Waals surface area contributed by atoms with Crippen LogP contribution in [0.15, 0.2) is 41.3 Å². The first-order valence-corrected chi connectivity index (χ1v) is 10.3. The number of aromatic amines is 1. The molecule has 0 radical (unpaired) electrons. The summed E-state index contributed by atoms with van der Waals surface area (Å²) in [5, 5.41) is 1.21. The first kappa shape index (κ1) is 20.2. The monoisotopic (exact) mass is 409 g/mol. The van der Waals surface area contributed by atoms with E-state index in [2.05, 4.69) is 22.0 Å². The molecule has 1 aliphatic rings. The van der Waals surface area contributed by atoms with E-state index in [4.69, 9.17) is 9.47 Å². The van der Waals surface area contributed by atoms with Crippen molar-refractivity contribution in [3.8, 4) is 5.75 Å². The number of hydrogen-bond acceptors (Lipinski definition) is 5. The highest BCUT2D eigenvalue weighted by atomic mass is 16.5. The van der Waals surface area contributed by atoms with Crippen molar-refractivity contribution in [2.75, 3.05) is 20.2 Å². The molecule has 7 nitrogen and oxygen atoms in total. The Morgan fingerprint density at radius 1 is 1.20 bits per heavy atom. The van der Waals surface area contributed by atoms with Crippen LogP contribution in [0, 0.1) is 0 Å². The molecule has 2 aromatic heterocycles. The third kappa shape index (κ3) is 3.85. The van der Waals surface area contributed by atoms with Gasteiger partial charge in [0.05, 0.1) is 13.2 Å². The molecule has 1 N–H and O–H groups in total. The van der Waals surface area contributed by atoms with E-state index in [9.17, 15) is 9.59 Å². The second-order valence-corrected chi connectivity index (χ2v) is 7.86. The number of pyridine rings is 1. The van der Waals surface area contributed by atoms with Gasteiger partial charge in [-0.05, 0) is 25.5 Å². The second-order valence-electron chi connectivity index (χ2n) is 7.86. The van der Waals surface area contributed by atoms with Crippen molar-refractivity contribution in [1.82, 2.24) is 14.5 Å². The summed E-state index contributed by atoms with van der Waals surface area (Å²) in [6.07, 6.45) is 2.46. The van der Waals surface area contributed by atoms with Crippen LogP contribution < -0.4 is 10.3 Å². The van der Waals surface area contributed by atoms with E-state index in [1.807, 2.05) is 32.2 Å². The Kier molecular flexibility index (Phi) is 5.63. The molecule has 0 spiro atoms. The van der Waals surface area contributed by atoms with Crippen molar-refractivity contribution in [2.45, 2.75) is 39.5 Å². The predicted octanol–water partition coefficient (Wildman–Crippen LogP) is 2.96. The lowest BCUT2D eigenvalue weighted by Crippen LogP contribution is -2.29. The number of aromatic nitrogens is 2. The van der Waals surface area contributed by atoms with Crippen LogP contribution in [0.25, 0.3) is 10.9 Å². The van der Waals surface area contributed by atoms with E-state index in [-0.39, 0.29) is 11.7 Å². The zero-order valence-electron chi connectivity index (χ0n) is 17.6. The normalized spacial score (nSPS) is 14.5. The summed E-state index contributed by atoms with van der Waals surface area (Å²) in [5.74, 6) is -0.169. The number of esters is 1. The molecular weight excluding hydrogens is 382 g/mol. The van der Waals surface area contributed by atoms with Gasteiger partial charge in [-0.25, -0.2) is 4.79 Å². The second kappa shape index (κ2) is 8.36. The minimum absolute atomic E-state index is 0.151. The van der Waals surface area contributed by atoms with Gasteiger partial charge < -0.3 is 19.0 Å². The zero-order valence-corrected chi connectivity index (χ0v) is 17.6. The number of H-pyrrole nitrogens is 1. The van der Waals surface area contributed by atoms with Gasteiger partial charge >= 0.3 is 5.97 Å². The minimum Gasteiger partial charge on any atom is -0.490 e. The number of para-hydroxylation sites is 1. The van der Waals surface area contributed by atoms with Crippen LogP contribution in [0.3, 0.4) is 0 Å². The van der Waals surface area contributed by atoms with Gasteiger partial charge in [0.2, 0.25) is 0 Å². The number of hydrogen-bond donors (Lipinski definition) is 1. The maximum atomic E-state index is 12.8. The van der Waals surface area contributed by atoms with E-state index in [0.29, 0.717) is 30.0 Å². The molecule has 0 amide bonds. The van der Waals surface area contributed by atoms with Crippen LogP contribution in [0.2, 0.25) is 0 Å². The smallest absolute Gasteiger partial charge is 0.343 e. The zero-order chi connectivity index (χ0) is 21.3. The summed E-state index contributed by atoms with van der Waals surface area (Å²) in [6, 6.07) is 9.64. The van der Waals surface area contributed by atoms with E-state index in [0.717, 1.165) is 25.2 Å². The summed E-state index contributed by atoms with van der Waals surface area (Å²) in [5.41, 5.74) is 3.24. The first-order valence-electron chi connectivity index (χ1n) is 10.3. The van der Waals surface area contributed by atoms with Gasteiger partial charge in [-0.3, -0.25) is 9.69 Å². The van der Waals surface area contributed by atoms with Crippen molar-refractivity contribution in [3.05, 3.63) is 63.7 Å². The maximum absolute atomic E-state index is 12.8. The summed E-state index contributed by atoms with van der Waals surface area (Å²) >= 11 is 0. The predicted molar refractivity (Wildman–Crippen MR) is 115 cm³/mol. The summed E-state index contributed by atoms with van der Waals surface area (Å²) < 4.78 is 12.5. The highest BCUT2D eigenvalue weighted by molar-refractivity contribution is 5.93.